The smallest absolute Gasteiger partial charge is 0.417 e. The zero-order valence-electron chi connectivity index (χ0n) is 23.1. The SMILES string of the molecule is CCCC=Cc1cc(C)c(C(=O)N=C(N)N)cc1C(F)(F)F.CCCC=Cc1cc(C)c(C(=O)O)cc1C(F)(F)F. The number of unbranched alkanes of at least 4 members (excludes halogenated alkanes) is 2. The lowest BCUT2D eigenvalue weighted by molar-refractivity contribution is -0.138. The number of carbonyl (C=O) groups excluding carboxylic acids is 1. The number of halogens is 6. The number of nitrogens with two attached hydrogens (primary N) is 2. The van der Waals surface area contributed by atoms with Crippen LogP contribution < -0.4 is 11.5 Å². The molecule has 6 nitrogen and oxygen atoms in total. The summed E-state index contributed by atoms with van der Waals surface area (Å²) < 4.78 is 78.2. The molecule has 0 aliphatic carbocycles. The average molecular weight is 586 g/mol. The second kappa shape index (κ2) is 15.1. The van der Waals surface area contributed by atoms with Crippen molar-refractivity contribution >= 4 is 30.0 Å². The number of carbonyl (C=O) groups is 2. The minimum Gasteiger partial charge on any atom is -0.478 e. The van der Waals surface area contributed by atoms with Gasteiger partial charge in [-0.2, -0.15) is 31.3 Å². The molecule has 0 radical (unpaired) electrons. The van der Waals surface area contributed by atoms with Crippen LogP contribution in [0, 0.1) is 13.8 Å². The van der Waals surface area contributed by atoms with Gasteiger partial charge in [-0.1, -0.05) is 63.1 Å². The Morgan fingerprint density at radius 1 is 0.780 bits per heavy atom. The van der Waals surface area contributed by atoms with E-state index in [1.54, 1.807) is 12.2 Å². The molecular weight excluding hydrogens is 552 g/mol. The van der Waals surface area contributed by atoms with Crippen molar-refractivity contribution in [3.63, 3.8) is 0 Å². The van der Waals surface area contributed by atoms with Crippen LogP contribution in [-0.4, -0.2) is 22.9 Å². The summed E-state index contributed by atoms with van der Waals surface area (Å²) in [7, 11) is 0. The van der Waals surface area contributed by atoms with Crippen molar-refractivity contribution in [2.45, 2.75) is 65.7 Å². The molecule has 5 N–H and O–H groups in total. The van der Waals surface area contributed by atoms with E-state index in [1.165, 1.54) is 38.1 Å². The monoisotopic (exact) mass is 585 g/mol. The van der Waals surface area contributed by atoms with Crippen LogP contribution in [0.15, 0.2) is 41.4 Å². The average Bonchev–Trinajstić information content (AvgIpc) is 2.82. The van der Waals surface area contributed by atoms with E-state index in [9.17, 15) is 35.9 Å². The molecule has 0 heterocycles. The molecule has 0 aliphatic rings. The molecule has 2 aromatic carbocycles. The van der Waals surface area contributed by atoms with E-state index in [4.69, 9.17) is 16.6 Å². The Hall–Kier alpha value is -4.09. The van der Waals surface area contributed by atoms with Gasteiger partial charge in [0, 0.05) is 5.56 Å². The number of guanidine groups is 1. The molecular formula is C29H33F6N3O3. The van der Waals surface area contributed by atoms with Crippen LogP contribution in [0.4, 0.5) is 26.3 Å². The lowest BCUT2D eigenvalue weighted by Crippen LogP contribution is -2.24. The first-order chi connectivity index (χ1) is 18.9. The normalized spacial score (nSPS) is 11.9. The fourth-order valence-corrected chi connectivity index (χ4v) is 3.62. The highest BCUT2D eigenvalue weighted by Gasteiger charge is 2.35. The van der Waals surface area contributed by atoms with Crippen LogP contribution in [0.2, 0.25) is 0 Å². The van der Waals surface area contributed by atoms with Gasteiger partial charge in [-0.05, 0) is 61.1 Å². The third-order valence-electron chi connectivity index (χ3n) is 5.60. The highest BCUT2D eigenvalue weighted by atomic mass is 19.4. The molecule has 0 unspecified atom stereocenters. The molecule has 41 heavy (non-hydrogen) atoms. The Morgan fingerprint density at radius 3 is 1.51 bits per heavy atom. The molecule has 0 bridgehead atoms. The summed E-state index contributed by atoms with van der Waals surface area (Å²) in [5, 5.41) is 8.88. The van der Waals surface area contributed by atoms with Crippen LogP contribution in [-0.2, 0) is 12.4 Å². The van der Waals surface area contributed by atoms with Gasteiger partial charge < -0.3 is 16.6 Å². The number of carboxylic acid groups (broad SMARTS) is 1. The predicted octanol–water partition coefficient (Wildman–Crippen LogP) is 7.77. The summed E-state index contributed by atoms with van der Waals surface area (Å²) in [6, 6.07) is 4.06. The quantitative estimate of drug-likeness (QED) is 0.166. The summed E-state index contributed by atoms with van der Waals surface area (Å²) in [6.07, 6.45) is 0.00541. The van der Waals surface area contributed by atoms with Gasteiger partial charge in [-0.25, -0.2) is 4.79 Å². The van der Waals surface area contributed by atoms with Crippen LogP contribution in [0.1, 0.15) is 93.6 Å². The summed E-state index contributed by atoms with van der Waals surface area (Å²) in [5.74, 6) is -2.75. The summed E-state index contributed by atoms with van der Waals surface area (Å²) in [4.78, 5) is 26.0. The fourth-order valence-electron chi connectivity index (χ4n) is 3.62. The first-order valence-electron chi connectivity index (χ1n) is 12.6. The van der Waals surface area contributed by atoms with E-state index in [-0.39, 0.29) is 22.3 Å². The third kappa shape index (κ3) is 10.8. The number of carboxylic acids is 1. The van der Waals surface area contributed by atoms with Gasteiger partial charge in [0.05, 0.1) is 16.7 Å². The van der Waals surface area contributed by atoms with Crippen LogP contribution >= 0.6 is 0 Å². The van der Waals surface area contributed by atoms with E-state index in [0.717, 1.165) is 18.9 Å². The maximum atomic E-state index is 13.2. The number of aliphatic imine (C=N–C) groups is 1. The molecule has 0 aromatic heterocycles. The van der Waals surface area contributed by atoms with Gasteiger partial charge in [-0.15, -0.1) is 0 Å². The van der Waals surface area contributed by atoms with Gasteiger partial charge >= 0.3 is 18.3 Å². The van der Waals surface area contributed by atoms with Gasteiger partial charge in [0.25, 0.3) is 5.91 Å². The lowest BCUT2D eigenvalue weighted by Gasteiger charge is -2.13. The molecule has 224 valence electrons. The maximum Gasteiger partial charge on any atom is 0.417 e. The third-order valence-corrected chi connectivity index (χ3v) is 5.60. The number of amides is 1. The van der Waals surface area contributed by atoms with Crippen LogP contribution in [0.25, 0.3) is 12.2 Å². The van der Waals surface area contributed by atoms with Gasteiger partial charge in [-0.3, -0.25) is 4.79 Å². The molecule has 2 aromatic rings. The van der Waals surface area contributed by atoms with E-state index >= 15 is 0 Å². The van der Waals surface area contributed by atoms with E-state index < -0.39 is 41.3 Å². The zero-order valence-corrected chi connectivity index (χ0v) is 23.1. The Labute approximate surface area is 234 Å². The van der Waals surface area contributed by atoms with E-state index in [2.05, 4.69) is 4.99 Å². The number of hydrogen-bond donors (Lipinski definition) is 3. The van der Waals surface area contributed by atoms with Gasteiger partial charge in [0.2, 0.25) is 0 Å². The number of alkyl halides is 6. The van der Waals surface area contributed by atoms with Crippen molar-refractivity contribution in [3.8, 4) is 0 Å². The number of benzene rings is 2. The number of rotatable bonds is 8. The highest BCUT2D eigenvalue weighted by molar-refractivity contribution is 6.03. The number of nitrogens with zero attached hydrogens (tertiary/aromatic N) is 1. The Kier molecular flexibility index (Phi) is 12.8. The first-order valence-corrected chi connectivity index (χ1v) is 12.6. The van der Waals surface area contributed by atoms with Crippen LogP contribution in [0.5, 0.6) is 0 Å². The van der Waals surface area contributed by atoms with Gasteiger partial charge in [0.1, 0.15) is 0 Å². The minimum absolute atomic E-state index is 0.00319. The van der Waals surface area contributed by atoms with Gasteiger partial charge in [0.15, 0.2) is 5.96 Å². The first kappa shape index (κ1) is 34.9. The standard InChI is InChI=1S/C15H18F3N3O.C14H15F3O2/c1-3-4-5-6-10-7-9(2)11(13(22)21-14(19)20)8-12(10)15(16,17)18;1-3-4-5-6-10-7-9(2)11(13(18)19)8-12(10)14(15,16)17/h5-8H,3-4H2,1-2H3,(H4,19,20,21,22);5-8H,3-4H2,1-2H3,(H,18,19). The van der Waals surface area contributed by atoms with Crippen molar-refractivity contribution in [2.75, 3.05) is 0 Å². The second-order valence-corrected chi connectivity index (χ2v) is 9.03. The van der Waals surface area contributed by atoms with Crippen molar-refractivity contribution in [1.29, 1.82) is 0 Å². The fraction of sp³-hybridized carbons (Fsp3) is 0.345. The zero-order chi connectivity index (χ0) is 31.5. The van der Waals surface area contributed by atoms with Crippen molar-refractivity contribution < 1.29 is 41.0 Å². The minimum atomic E-state index is -4.58. The molecule has 1 amide bonds. The van der Waals surface area contributed by atoms with Crippen molar-refractivity contribution in [1.82, 2.24) is 0 Å². The Bertz CT molecular complexity index is 1320. The highest BCUT2D eigenvalue weighted by Crippen LogP contribution is 2.36. The molecule has 0 fully saturated rings. The second-order valence-electron chi connectivity index (χ2n) is 9.03. The molecule has 12 heteroatoms. The molecule has 0 aliphatic heterocycles. The molecule has 0 spiro atoms. The van der Waals surface area contributed by atoms with Crippen LogP contribution in [0.3, 0.4) is 0 Å². The summed E-state index contributed by atoms with van der Waals surface area (Å²) >= 11 is 0. The summed E-state index contributed by atoms with van der Waals surface area (Å²) in [5.41, 5.74) is 8.59. The maximum absolute atomic E-state index is 13.2. The largest absolute Gasteiger partial charge is 0.478 e. The number of aromatic carboxylic acids is 1. The molecule has 0 saturated heterocycles. The van der Waals surface area contributed by atoms with E-state index in [1.807, 2.05) is 13.8 Å². The number of allylic oxidation sites excluding steroid dienone is 2. The predicted molar refractivity (Wildman–Crippen MR) is 147 cm³/mol. The Morgan fingerprint density at radius 2 is 1.17 bits per heavy atom. The lowest BCUT2D eigenvalue weighted by atomic mass is 9.97. The molecule has 0 saturated carbocycles. The summed E-state index contributed by atoms with van der Waals surface area (Å²) in [6.45, 7) is 6.87. The number of aryl methyl sites for hydroxylation is 2. The molecule has 0 atom stereocenters. The number of hydrogen-bond acceptors (Lipinski definition) is 2. The van der Waals surface area contributed by atoms with E-state index in [0.29, 0.717) is 30.0 Å². The Balaban J connectivity index is 0.000000414. The van der Waals surface area contributed by atoms with Crippen molar-refractivity contribution in [3.05, 3.63) is 80.9 Å². The van der Waals surface area contributed by atoms with Crippen molar-refractivity contribution in [2.24, 2.45) is 16.5 Å². The molecule has 2 rings (SSSR count). The topological polar surface area (TPSA) is 119 Å².